The number of hydrogen-bond acceptors (Lipinski definition) is 5. The standard InChI is InChI=1S/C17H20ClN5O/c1-13(16(24)21-15-5-2-4-14(18)12-15)22-8-10-23(11-9-22)17-19-6-3-7-20-17/h2-7,12-13H,8-11H2,1H3,(H,21,24)/t13-/m0/s1. The fourth-order valence-corrected chi connectivity index (χ4v) is 2.93. The average molecular weight is 346 g/mol. The third-order valence-corrected chi connectivity index (χ3v) is 4.40. The second-order valence-electron chi connectivity index (χ2n) is 5.75. The van der Waals surface area contributed by atoms with Crippen LogP contribution < -0.4 is 10.2 Å². The molecule has 7 heteroatoms. The van der Waals surface area contributed by atoms with Crippen LogP contribution in [0.5, 0.6) is 0 Å². The van der Waals surface area contributed by atoms with Crippen LogP contribution in [0.25, 0.3) is 0 Å². The Labute approximate surface area is 146 Å². The maximum atomic E-state index is 12.4. The quantitative estimate of drug-likeness (QED) is 0.921. The summed E-state index contributed by atoms with van der Waals surface area (Å²) < 4.78 is 0. The number of carbonyl (C=O) groups excluding carboxylic acids is 1. The molecule has 1 amide bonds. The van der Waals surface area contributed by atoms with E-state index in [1.165, 1.54) is 0 Å². The van der Waals surface area contributed by atoms with Gasteiger partial charge in [-0.15, -0.1) is 0 Å². The SMILES string of the molecule is C[C@@H](C(=O)Nc1cccc(Cl)c1)N1CCN(c2ncccn2)CC1. The number of benzene rings is 1. The highest BCUT2D eigenvalue weighted by atomic mass is 35.5. The number of aromatic nitrogens is 2. The van der Waals surface area contributed by atoms with Gasteiger partial charge in [-0.3, -0.25) is 9.69 Å². The van der Waals surface area contributed by atoms with Crippen molar-refractivity contribution in [3.05, 3.63) is 47.7 Å². The molecule has 1 aliphatic heterocycles. The lowest BCUT2D eigenvalue weighted by Crippen LogP contribution is -2.53. The Morgan fingerprint density at radius 2 is 1.88 bits per heavy atom. The summed E-state index contributed by atoms with van der Waals surface area (Å²) >= 11 is 5.95. The van der Waals surface area contributed by atoms with E-state index in [4.69, 9.17) is 11.6 Å². The van der Waals surface area contributed by atoms with E-state index in [0.717, 1.165) is 37.8 Å². The van der Waals surface area contributed by atoms with Gasteiger partial charge in [0.15, 0.2) is 0 Å². The van der Waals surface area contributed by atoms with E-state index < -0.39 is 0 Å². The summed E-state index contributed by atoms with van der Waals surface area (Å²) in [6, 6.07) is 8.79. The Hall–Kier alpha value is -2.18. The van der Waals surface area contributed by atoms with Gasteiger partial charge in [0.1, 0.15) is 0 Å². The van der Waals surface area contributed by atoms with Gasteiger partial charge in [-0.2, -0.15) is 0 Å². The van der Waals surface area contributed by atoms with Gasteiger partial charge in [0.25, 0.3) is 0 Å². The summed E-state index contributed by atoms with van der Waals surface area (Å²) in [7, 11) is 0. The van der Waals surface area contributed by atoms with Crippen molar-refractivity contribution in [2.75, 3.05) is 36.4 Å². The minimum atomic E-state index is -0.206. The Kier molecular flexibility index (Phi) is 5.27. The first-order valence-corrected chi connectivity index (χ1v) is 8.34. The number of rotatable bonds is 4. The van der Waals surface area contributed by atoms with Gasteiger partial charge in [0.2, 0.25) is 11.9 Å². The summed E-state index contributed by atoms with van der Waals surface area (Å²) in [5.41, 5.74) is 0.718. The van der Waals surface area contributed by atoms with E-state index in [2.05, 4.69) is 25.1 Å². The van der Waals surface area contributed by atoms with Gasteiger partial charge in [-0.05, 0) is 31.2 Å². The van der Waals surface area contributed by atoms with Crippen LogP contribution >= 0.6 is 11.6 Å². The van der Waals surface area contributed by atoms with Crippen LogP contribution in [0.4, 0.5) is 11.6 Å². The zero-order chi connectivity index (χ0) is 16.9. The van der Waals surface area contributed by atoms with E-state index >= 15 is 0 Å². The molecule has 0 bridgehead atoms. The molecule has 0 unspecified atom stereocenters. The van der Waals surface area contributed by atoms with Crippen molar-refractivity contribution in [2.24, 2.45) is 0 Å². The number of nitrogens with zero attached hydrogens (tertiary/aromatic N) is 4. The Morgan fingerprint density at radius 3 is 2.54 bits per heavy atom. The zero-order valence-electron chi connectivity index (χ0n) is 13.5. The topological polar surface area (TPSA) is 61.4 Å². The van der Waals surface area contributed by atoms with Crippen molar-refractivity contribution in [3.63, 3.8) is 0 Å². The molecule has 0 spiro atoms. The Bertz CT molecular complexity index is 688. The van der Waals surface area contributed by atoms with Gasteiger partial charge >= 0.3 is 0 Å². The fraction of sp³-hybridized carbons (Fsp3) is 0.353. The monoisotopic (exact) mass is 345 g/mol. The molecular formula is C17H20ClN5O. The van der Waals surface area contributed by atoms with Gasteiger partial charge in [-0.1, -0.05) is 17.7 Å². The molecule has 6 nitrogen and oxygen atoms in total. The third kappa shape index (κ3) is 4.01. The van der Waals surface area contributed by atoms with E-state index in [1.807, 2.05) is 25.1 Å². The predicted octanol–water partition coefficient (Wildman–Crippen LogP) is 2.28. The average Bonchev–Trinajstić information content (AvgIpc) is 2.62. The zero-order valence-corrected chi connectivity index (χ0v) is 14.3. The molecule has 0 saturated carbocycles. The number of hydrogen-bond donors (Lipinski definition) is 1. The van der Waals surface area contributed by atoms with Crippen LogP contribution in [0, 0.1) is 0 Å². The van der Waals surface area contributed by atoms with Crippen LogP contribution in [0.15, 0.2) is 42.7 Å². The van der Waals surface area contributed by atoms with Crippen molar-refractivity contribution < 1.29 is 4.79 Å². The van der Waals surface area contributed by atoms with Crippen LogP contribution in [0.1, 0.15) is 6.92 Å². The number of amides is 1. The highest BCUT2D eigenvalue weighted by Crippen LogP contribution is 2.17. The first kappa shape index (κ1) is 16.7. The summed E-state index contributed by atoms with van der Waals surface area (Å²) in [6.45, 7) is 5.12. The Balaban J connectivity index is 1.55. The highest BCUT2D eigenvalue weighted by Gasteiger charge is 2.26. The molecule has 1 N–H and O–H groups in total. The molecule has 0 radical (unpaired) electrons. The molecular weight excluding hydrogens is 326 g/mol. The second kappa shape index (κ2) is 7.59. The molecule has 126 valence electrons. The normalized spacial score (nSPS) is 16.7. The second-order valence-corrected chi connectivity index (χ2v) is 6.18. The largest absolute Gasteiger partial charge is 0.338 e. The van der Waals surface area contributed by atoms with Gasteiger partial charge in [-0.25, -0.2) is 9.97 Å². The number of anilines is 2. The molecule has 3 rings (SSSR count). The van der Waals surface area contributed by atoms with Crippen LogP contribution in [0.3, 0.4) is 0 Å². The molecule has 1 aliphatic rings. The summed E-state index contributed by atoms with van der Waals surface area (Å²) in [6.07, 6.45) is 3.49. The third-order valence-electron chi connectivity index (χ3n) is 4.17. The van der Waals surface area contributed by atoms with Gasteiger partial charge in [0.05, 0.1) is 6.04 Å². The van der Waals surface area contributed by atoms with Crippen molar-refractivity contribution in [3.8, 4) is 0 Å². The molecule has 2 heterocycles. The molecule has 1 aromatic heterocycles. The number of halogens is 1. The lowest BCUT2D eigenvalue weighted by atomic mass is 10.2. The molecule has 1 atom stereocenters. The predicted molar refractivity (Wildman–Crippen MR) is 95.4 cm³/mol. The van der Waals surface area contributed by atoms with Crippen molar-refractivity contribution in [1.82, 2.24) is 14.9 Å². The van der Waals surface area contributed by atoms with Gasteiger partial charge < -0.3 is 10.2 Å². The highest BCUT2D eigenvalue weighted by molar-refractivity contribution is 6.30. The number of nitrogens with one attached hydrogen (secondary N) is 1. The van der Waals surface area contributed by atoms with Crippen molar-refractivity contribution >= 4 is 29.1 Å². The smallest absolute Gasteiger partial charge is 0.241 e. The summed E-state index contributed by atoms with van der Waals surface area (Å²) in [5, 5.41) is 3.53. The molecule has 1 fully saturated rings. The lowest BCUT2D eigenvalue weighted by molar-refractivity contribution is -0.120. The first-order chi connectivity index (χ1) is 11.6. The molecule has 0 aliphatic carbocycles. The molecule has 1 aromatic carbocycles. The van der Waals surface area contributed by atoms with Crippen LogP contribution in [0.2, 0.25) is 5.02 Å². The van der Waals surface area contributed by atoms with E-state index in [1.54, 1.807) is 24.5 Å². The molecule has 24 heavy (non-hydrogen) atoms. The summed E-state index contributed by atoms with van der Waals surface area (Å²) in [4.78, 5) is 25.3. The fourth-order valence-electron chi connectivity index (χ4n) is 2.74. The van der Waals surface area contributed by atoms with Crippen molar-refractivity contribution in [1.29, 1.82) is 0 Å². The first-order valence-electron chi connectivity index (χ1n) is 7.96. The Morgan fingerprint density at radius 1 is 1.17 bits per heavy atom. The maximum absolute atomic E-state index is 12.4. The van der Waals surface area contributed by atoms with Crippen molar-refractivity contribution in [2.45, 2.75) is 13.0 Å². The number of piperazine rings is 1. The van der Waals surface area contributed by atoms with E-state index in [0.29, 0.717) is 5.02 Å². The minimum Gasteiger partial charge on any atom is -0.338 e. The molecule has 1 saturated heterocycles. The number of carbonyl (C=O) groups is 1. The van der Waals surface area contributed by atoms with E-state index in [9.17, 15) is 4.79 Å². The van der Waals surface area contributed by atoms with E-state index in [-0.39, 0.29) is 11.9 Å². The maximum Gasteiger partial charge on any atom is 0.241 e. The minimum absolute atomic E-state index is 0.0262. The lowest BCUT2D eigenvalue weighted by Gasteiger charge is -2.37. The molecule has 2 aromatic rings. The van der Waals surface area contributed by atoms with Crippen LogP contribution in [-0.4, -0.2) is 53.0 Å². The van der Waals surface area contributed by atoms with Crippen LogP contribution in [-0.2, 0) is 4.79 Å². The summed E-state index contributed by atoms with van der Waals surface area (Å²) in [5.74, 6) is 0.717. The van der Waals surface area contributed by atoms with Gasteiger partial charge in [0, 0.05) is 49.3 Å².